The minimum Gasteiger partial charge on any atom is -0.462 e. The van der Waals surface area contributed by atoms with Gasteiger partial charge in [0.2, 0.25) is 0 Å². The molecule has 4 fully saturated rings. The van der Waals surface area contributed by atoms with E-state index < -0.39 is 5.60 Å². The summed E-state index contributed by atoms with van der Waals surface area (Å²) >= 11 is 0. The van der Waals surface area contributed by atoms with E-state index in [0.29, 0.717) is 17.8 Å². The minimum atomic E-state index is -0.664. The van der Waals surface area contributed by atoms with Crippen LogP contribution in [0.25, 0.3) is 0 Å². The molecule has 4 aliphatic rings. The molecule has 3 nitrogen and oxygen atoms in total. The van der Waals surface area contributed by atoms with E-state index in [1.807, 2.05) is 0 Å². The molecule has 0 spiro atoms. The molecule has 32 heavy (non-hydrogen) atoms. The van der Waals surface area contributed by atoms with Gasteiger partial charge in [-0.1, -0.05) is 53.9 Å². The Kier molecular flexibility index (Phi) is 6.83. The summed E-state index contributed by atoms with van der Waals surface area (Å²) in [4.78, 5) is 11.5. The Hall–Kier alpha value is -0.570. The average molecular weight is 447 g/mol. The van der Waals surface area contributed by atoms with Gasteiger partial charge in [-0.2, -0.15) is 0 Å². The summed E-state index contributed by atoms with van der Waals surface area (Å²) < 4.78 is 5.56. The molecule has 0 aromatic carbocycles. The van der Waals surface area contributed by atoms with Gasteiger partial charge in [0.15, 0.2) is 0 Å². The van der Waals surface area contributed by atoms with Crippen LogP contribution in [0.5, 0.6) is 0 Å². The quantitative estimate of drug-likeness (QED) is 0.440. The summed E-state index contributed by atoms with van der Waals surface area (Å²) in [6, 6.07) is 0. The third-order valence-corrected chi connectivity index (χ3v) is 11.3. The van der Waals surface area contributed by atoms with Gasteiger partial charge in [-0.3, -0.25) is 4.79 Å². The Morgan fingerprint density at radius 1 is 0.969 bits per heavy atom. The van der Waals surface area contributed by atoms with Crippen molar-refractivity contribution < 1.29 is 14.6 Å². The lowest BCUT2D eigenvalue weighted by Gasteiger charge is -2.64. The van der Waals surface area contributed by atoms with Crippen LogP contribution >= 0.6 is 0 Å². The molecule has 9 atom stereocenters. The third-order valence-electron chi connectivity index (χ3n) is 11.3. The molecular formula is C29H50O3. The summed E-state index contributed by atoms with van der Waals surface area (Å²) in [5.74, 6) is 4.59. The van der Waals surface area contributed by atoms with E-state index in [2.05, 4.69) is 34.6 Å². The Morgan fingerprint density at radius 3 is 2.41 bits per heavy atom. The number of hydrogen-bond acceptors (Lipinski definition) is 3. The van der Waals surface area contributed by atoms with Crippen LogP contribution < -0.4 is 0 Å². The van der Waals surface area contributed by atoms with Crippen molar-refractivity contribution in [2.75, 3.05) is 0 Å². The highest BCUT2D eigenvalue weighted by molar-refractivity contribution is 5.66. The lowest BCUT2D eigenvalue weighted by Crippen LogP contribution is -2.63. The van der Waals surface area contributed by atoms with Crippen LogP contribution in [0.4, 0.5) is 0 Å². The van der Waals surface area contributed by atoms with Crippen LogP contribution in [-0.4, -0.2) is 22.8 Å². The molecular weight excluding hydrogens is 396 g/mol. The molecule has 0 amide bonds. The molecule has 4 saturated carbocycles. The predicted molar refractivity (Wildman–Crippen MR) is 130 cm³/mol. The van der Waals surface area contributed by atoms with Gasteiger partial charge in [-0.05, 0) is 97.7 Å². The molecule has 0 bridgehead atoms. The lowest BCUT2D eigenvalue weighted by molar-refractivity contribution is -0.224. The van der Waals surface area contributed by atoms with Crippen molar-refractivity contribution in [2.24, 2.45) is 46.3 Å². The number of hydrogen-bond donors (Lipinski definition) is 1. The zero-order valence-electron chi connectivity index (χ0n) is 21.8. The second-order valence-corrected chi connectivity index (χ2v) is 13.4. The monoisotopic (exact) mass is 446 g/mol. The van der Waals surface area contributed by atoms with E-state index in [4.69, 9.17) is 4.74 Å². The predicted octanol–water partition coefficient (Wildman–Crippen LogP) is 7.15. The van der Waals surface area contributed by atoms with Crippen LogP contribution in [0.3, 0.4) is 0 Å². The molecule has 0 aliphatic heterocycles. The number of carbonyl (C=O) groups excluding carboxylic acids is 1. The van der Waals surface area contributed by atoms with Gasteiger partial charge in [0.1, 0.15) is 6.10 Å². The van der Waals surface area contributed by atoms with Crippen LogP contribution in [-0.2, 0) is 9.53 Å². The first-order valence-corrected chi connectivity index (χ1v) is 13.9. The summed E-state index contributed by atoms with van der Waals surface area (Å²) in [5, 5.41) is 11.9. The molecule has 4 rings (SSSR count). The van der Waals surface area contributed by atoms with E-state index >= 15 is 0 Å². The largest absolute Gasteiger partial charge is 0.462 e. The Balaban J connectivity index is 1.47. The van der Waals surface area contributed by atoms with Crippen LogP contribution in [0.15, 0.2) is 0 Å². The molecule has 1 N–H and O–H groups in total. The first-order chi connectivity index (χ1) is 15.0. The second-order valence-electron chi connectivity index (χ2n) is 13.4. The van der Waals surface area contributed by atoms with Gasteiger partial charge in [0, 0.05) is 13.3 Å². The minimum absolute atomic E-state index is 0.0190. The van der Waals surface area contributed by atoms with Gasteiger partial charge < -0.3 is 9.84 Å². The zero-order chi connectivity index (χ0) is 23.3. The highest BCUT2D eigenvalue weighted by Crippen LogP contribution is 2.69. The fraction of sp³-hybridized carbons (Fsp3) is 0.966. The second kappa shape index (κ2) is 8.90. The molecule has 184 valence electrons. The van der Waals surface area contributed by atoms with Gasteiger partial charge in [-0.15, -0.1) is 0 Å². The molecule has 4 aliphatic carbocycles. The van der Waals surface area contributed by atoms with E-state index in [9.17, 15) is 9.90 Å². The molecule has 0 saturated heterocycles. The maximum absolute atomic E-state index is 11.9. The SMILES string of the molecule is CC(=O)O[C@H]1CC[C@]2(C)[C@@H]3CC[C@@]4(C)[C@@H](CC[C@H]4[C@@H](C)CCCC(C)C)[C@H]3CC[C@@]2(O)C1. The summed E-state index contributed by atoms with van der Waals surface area (Å²) in [5.41, 5.74) is -0.184. The van der Waals surface area contributed by atoms with E-state index in [-0.39, 0.29) is 17.5 Å². The molecule has 0 aromatic rings. The number of ether oxygens (including phenoxy) is 1. The fourth-order valence-corrected chi connectivity index (χ4v) is 9.57. The Morgan fingerprint density at radius 2 is 1.72 bits per heavy atom. The summed E-state index contributed by atoms with van der Waals surface area (Å²) in [7, 11) is 0. The molecule has 0 unspecified atom stereocenters. The van der Waals surface area contributed by atoms with Gasteiger partial charge >= 0.3 is 5.97 Å². The van der Waals surface area contributed by atoms with Gasteiger partial charge in [0.25, 0.3) is 0 Å². The maximum Gasteiger partial charge on any atom is 0.302 e. The van der Waals surface area contributed by atoms with Crippen LogP contribution in [0.1, 0.15) is 119 Å². The smallest absolute Gasteiger partial charge is 0.302 e. The Bertz CT molecular complexity index is 688. The fourth-order valence-electron chi connectivity index (χ4n) is 9.57. The van der Waals surface area contributed by atoms with Gasteiger partial charge in [0.05, 0.1) is 5.60 Å². The first kappa shape index (κ1) is 24.6. The zero-order valence-corrected chi connectivity index (χ0v) is 21.8. The Labute approximate surface area is 197 Å². The highest BCUT2D eigenvalue weighted by atomic mass is 16.5. The molecule has 0 radical (unpaired) electrons. The van der Waals surface area contributed by atoms with Crippen molar-refractivity contribution in [1.82, 2.24) is 0 Å². The number of aliphatic hydroxyl groups is 1. The standard InChI is InChI=1S/C29H50O3/c1-19(2)8-7-9-20(3)24-10-11-25-23-13-17-29(31)18-22(32-21(4)30)12-16-28(29,6)26(23)14-15-27(24,25)5/h19-20,22-26,31H,7-18H2,1-6H3/t20-,22-,23+,24-,25-,26+,27+,28+,29+/m0/s1. The molecule has 3 heteroatoms. The number of esters is 1. The van der Waals surface area contributed by atoms with Crippen molar-refractivity contribution in [1.29, 1.82) is 0 Å². The normalized spacial score (nSPS) is 46.8. The number of carbonyl (C=O) groups is 1. The summed E-state index contributed by atoms with van der Waals surface area (Å²) in [6.07, 6.45) is 14.1. The molecule has 0 aromatic heterocycles. The number of fused-ring (bicyclic) bond motifs is 5. The molecule has 0 heterocycles. The van der Waals surface area contributed by atoms with Crippen molar-refractivity contribution in [2.45, 2.75) is 130 Å². The third kappa shape index (κ3) is 4.07. The van der Waals surface area contributed by atoms with Gasteiger partial charge in [-0.25, -0.2) is 0 Å². The number of rotatable bonds is 6. The topological polar surface area (TPSA) is 46.5 Å². The van der Waals surface area contributed by atoms with Crippen molar-refractivity contribution in [3.05, 3.63) is 0 Å². The van der Waals surface area contributed by atoms with Crippen molar-refractivity contribution >= 4 is 5.97 Å². The average Bonchev–Trinajstić information content (AvgIpc) is 3.05. The van der Waals surface area contributed by atoms with E-state index in [1.165, 1.54) is 51.9 Å². The lowest BCUT2D eigenvalue weighted by atomic mass is 9.43. The van der Waals surface area contributed by atoms with E-state index in [1.54, 1.807) is 0 Å². The maximum atomic E-state index is 11.9. The van der Waals surface area contributed by atoms with Crippen LogP contribution in [0.2, 0.25) is 0 Å². The van der Waals surface area contributed by atoms with E-state index in [0.717, 1.165) is 55.3 Å². The van der Waals surface area contributed by atoms with Crippen LogP contribution in [0, 0.1) is 46.3 Å². The van der Waals surface area contributed by atoms with Crippen molar-refractivity contribution in [3.63, 3.8) is 0 Å². The first-order valence-electron chi connectivity index (χ1n) is 13.9. The highest BCUT2D eigenvalue weighted by Gasteiger charge is 2.64. The van der Waals surface area contributed by atoms with Crippen molar-refractivity contribution in [3.8, 4) is 0 Å². The summed E-state index contributed by atoms with van der Waals surface area (Å²) in [6.45, 7) is 13.8.